The number of ether oxygens (including phenoxy) is 1. The molecule has 3 aliphatic rings. The SMILES string of the molecule is Cc1cc(C)n(C2=NC(N3CCOCC3)c3c(sc4c3CCCC4)N2)n1. The van der Waals surface area contributed by atoms with Crippen molar-refractivity contribution in [3.8, 4) is 0 Å². The van der Waals surface area contributed by atoms with Crippen molar-refractivity contribution in [1.82, 2.24) is 14.7 Å². The molecule has 0 radical (unpaired) electrons. The number of aromatic nitrogens is 2. The lowest BCUT2D eigenvalue weighted by Gasteiger charge is -2.35. The van der Waals surface area contributed by atoms with E-state index in [4.69, 9.17) is 9.73 Å². The summed E-state index contributed by atoms with van der Waals surface area (Å²) in [6.45, 7) is 7.56. The van der Waals surface area contributed by atoms with Crippen LogP contribution in [0.1, 0.15) is 46.4 Å². The highest BCUT2D eigenvalue weighted by Gasteiger charge is 2.35. The molecular weight excluding hydrogens is 346 g/mol. The highest BCUT2D eigenvalue weighted by molar-refractivity contribution is 7.16. The van der Waals surface area contributed by atoms with Crippen molar-refractivity contribution in [2.45, 2.75) is 45.7 Å². The third-order valence-corrected chi connectivity index (χ3v) is 6.77. The van der Waals surface area contributed by atoms with Crippen molar-refractivity contribution in [3.63, 3.8) is 0 Å². The Labute approximate surface area is 157 Å². The normalized spacial score (nSPS) is 23.2. The average Bonchev–Trinajstić information content (AvgIpc) is 3.20. The maximum Gasteiger partial charge on any atom is 0.226 e. The number of anilines is 1. The summed E-state index contributed by atoms with van der Waals surface area (Å²) in [4.78, 5) is 9.18. The van der Waals surface area contributed by atoms with Gasteiger partial charge in [-0.05, 0) is 51.2 Å². The highest BCUT2D eigenvalue weighted by Crippen LogP contribution is 2.45. The summed E-state index contributed by atoms with van der Waals surface area (Å²) in [6.07, 6.45) is 5.07. The van der Waals surface area contributed by atoms with Gasteiger partial charge in [-0.15, -0.1) is 11.3 Å². The van der Waals surface area contributed by atoms with Gasteiger partial charge < -0.3 is 10.1 Å². The number of rotatable bonds is 1. The van der Waals surface area contributed by atoms with Crippen molar-refractivity contribution in [1.29, 1.82) is 0 Å². The van der Waals surface area contributed by atoms with Crippen LogP contribution < -0.4 is 5.32 Å². The van der Waals surface area contributed by atoms with Gasteiger partial charge in [-0.1, -0.05) is 0 Å². The largest absolute Gasteiger partial charge is 0.379 e. The van der Waals surface area contributed by atoms with E-state index in [2.05, 4.69) is 28.3 Å². The molecule has 0 bridgehead atoms. The molecule has 0 spiro atoms. The summed E-state index contributed by atoms with van der Waals surface area (Å²) < 4.78 is 7.53. The van der Waals surface area contributed by atoms with E-state index in [-0.39, 0.29) is 6.17 Å². The molecule has 2 aromatic rings. The number of nitrogens with one attached hydrogen (secondary N) is 1. The molecule has 138 valence electrons. The summed E-state index contributed by atoms with van der Waals surface area (Å²) >= 11 is 1.93. The Kier molecular flexibility index (Phi) is 4.10. The second-order valence-corrected chi connectivity index (χ2v) is 8.50. The van der Waals surface area contributed by atoms with Crippen LogP contribution in [0, 0.1) is 13.8 Å². The molecule has 5 rings (SSSR count). The second-order valence-electron chi connectivity index (χ2n) is 7.39. The predicted molar refractivity (Wildman–Crippen MR) is 104 cm³/mol. The molecule has 26 heavy (non-hydrogen) atoms. The number of aryl methyl sites for hydroxylation is 3. The molecule has 0 amide bonds. The van der Waals surface area contributed by atoms with Crippen LogP contribution in [-0.4, -0.2) is 46.9 Å². The zero-order valence-corrected chi connectivity index (χ0v) is 16.2. The van der Waals surface area contributed by atoms with Crippen LogP contribution in [0.3, 0.4) is 0 Å². The van der Waals surface area contributed by atoms with E-state index in [1.165, 1.54) is 36.2 Å². The lowest BCUT2D eigenvalue weighted by Crippen LogP contribution is -2.41. The number of hydrogen-bond donors (Lipinski definition) is 1. The number of nitrogens with zero attached hydrogens (tertiary/aromatic N) is 4. The summed E-state index contributed by atoms with van der Waals surface area (Å²) in [6, 6.07) is 2.10. The van der Waals surface area contributed by atoms with Gasteiger partial charge in [-0.2, -0.15) is 5.10 Å². The first-order valence-electron chi connectivity index (χ1n) is 9.55. The first-order chi connectivity index (χ1) is 12.7. The Hall–Kier alpha value is -1.70. The van der Waals surface area contributed by atoms with Gasteiger partial charge in [0.25, 0.3) is 0 Å². The van der Waals surface area contributed by atoms with Crippen LogP contribution >= 0.6 is 11.3 Å². The van der Waals surface area contributed by atoms with Crippen molar-refractivity contribution < 1.29 is 4.74 Å². The fourth-order valence-corrected chi connectivity index (χ4v) is 5.62. The smallest absolute Gasteiger partial charge is 0.226 e. The van der Waals surface area contributed by atoms with Crippen molar-refractivity contribution in [2.75, 3.05) is 31.6 Å². The molecule has 6 nitrogen and oxygen atoms in total. The van der Waals surface area contributed by atoms with Crippen LogP contribution in [0.5, 0.6) is 0 Å². The van der Waals surface area contributed by atoms with Crippen molar-refractivity contribution in [3.05, 3.63) is 33.5 Å². The van der Waals surface area contributed by atoms with Crippen LogP contribution in [0.25, 0.3) is 0 Å². The zero-order chi connectivity index (χ0) is 17.7. The maximum atomic E-state index is 5.59. The molecule has 2 aromatic heterocycles. The number of hydrogen-bond acceptors (Lipinski definition) is 6. The minimum Gasteiger partial charge on any atom is -0.379 e. The molecule has 1 unspecified atom stereocenters. The standard InChI is InChI=1S/C19H25N5OS/c1-12-11-13(2)24(22-12)19-20-17(23-7-9-25-10-8-23)16-14-5-3-4-6-15(14)26-18(16)21-19/h11,17H,3-10H2,1-2H3,(H,20,21). The van der Waals surface area contributed by atoms with Gasteiger partial charge in [-0.25, -0.2) is 9.67 Å². The van der Waals surface area contributed by atoms with Gasteiger partial charge in [0.2, 0.25) is 5.96 Å². The third-order valence-electron chi connectivity index (χ3n) is 5.54. The van der Waals surface area contributed by atoms with Crippen LogP contribution in [0.4, 0.5) is 5.00 Å². The molecule has 1 saturated heterocycles. The molecule has 1 N–H and O–H groups in total. The molecule has 0 saturated carbocycles. The Bertz CT molecular complexity index is 862. The van der Waals surface area contributed by atoms with Crippen molar-refractivity contribution >= 4 is 22.3 Å². The highest BCUT2D eigenvalue weighted by atomic mass is 32.1. The summed E-state index contributed by atoms with van der Waals surface area (Å²) in [7, 11) is 0. The number of thiophene rings is 1. The maximum absolute atomic E-state index is 5.59. The molecule has 7 heteroatoms. The van der Waals surface area contributed by atoms with E-state index in [0.29, 0.717) is 0 Å². The van der Waals surface area contributed by atoms with E-state index in [9.17, 15) is 0 Å². The summed E-state index contributed by atoms with van der Waals surface area (Å²) in [5.74, 6) is 0.846. The summed E-state index contributed by atoms with van der Waals surface area (Å²) in [5, 5.41) is 9.53. The van der Waals surface area contributed by atoms with Gasteiger partial charge in [-0.3, -0.25) is 4.90 Å². The van der Waals surface area contributed by atoms with Gasteiger partial charge in [0, 0.05) is 29.2 Å². The lowest BCUT2D eigenvalue weighted by molar-refractivity contribution is 0.0176. The Morgan fingerprint density at radius 2 is 2.00 bits per heavy atom. The van der Waals surface area contributed by atoms with Gasteiger partial charge in [0.05, 0.1) is 18.9 Å². The zero-order valence-electron chi connectivity index (χ0n) is 15.4. The molecule has 4 heterocycles. The molecule has 1 aliphatic carbocycles. The molecule has 2 aliphatic heterocycles. The second kappa shape index (κ2) is 6.48. The van der Waals surface area contributed by atoms with Crippen molar-refractivity contribution in [2.24, 2.45) is 4.99 Å². The predicted octanol–water partition coefficient (Wildman–Crippen LogP) is 3.10. The van der Waals surface area contributed by atoms with Crippen LogP contribution in [0.2, 0.25) is 0 Å². The van der Waals surface area contributed by atoms with E-state index in [0.717, 1.165) is 43.7 Å². The first-order valence-corrected chi connectivity index (χ1v) is 10.4. The van der Waals surface area contributed by atoms with Gasteiger partial charge in [0.15, 0.2) is 0 Å². The molecule has 0 aromatic carbocycles. The molecular formula is C19H25N5OS. The molecule has 1 fully saturated rings. The van der Waals surface area contributed by atoms with E-state index in [1.54, 1.807) is 10.4 Å². The number of fused-ring (bicyclic) bond motifs is 3. The number of morpholine rings is 1. The Morgan fingerprint density at radius 1 is 1.19 bits per heavy atom. The van der Waals surface area contributed by atoms with E-state index < -0.39 is 0 Å². The van der Waals surface area contributed by atoms with Gasteiger partial charge in [0.1, 0.15) is 11.2 Å². The van der Waals surface area contributed by atoms with Crippen LogP contribution in [0.15, 0.2) is 11.1 Å². The lowest BCUT2D eigenvalue weighted by atomic mass is 9.93. The topological polar surface area (TPSA) is 54.7 Å². The molecule has 1 atom stereocenters. The minimum absolute atomic E-state index is 0.0761. The fourth-order valence-electron chi connectivity index (χ4n) is 4.31. The van der Waals surface area contributed by atoms with E-state index in [1.807, 2.05) is 22.9 Å². The number of aliphatic imine (C=N–C) groups is 1. The minimum atomic E-state index is 0.0761. The monoisotopic (exact) mass is 371 g/mol. The Morgan fingerprint density at radius 3 is 2.77 bits per heavy atom. The fraction of sp³-hybridized carbons (Fsp3) is 0.579. The third kappa shape index (κ3) is 2.69. The Balaban J connectivity index is 1.61. The first kappa shape index (κ1) is 16.5. The quantitative estimate of drug-likeness (QED) is 0.837. The van der Waals surface area contributed by atoms with E-state index >= 15 is 0 Å². The summed E-state index contributed by atoms with van der Waals surface area (Å²) in [5.41, 5.74) is 5.10. The van der Waals surface area contributed by atoms with Crippen LogP contribution in [-0.2, 0) is 17.6 Å². The average molecular weight is 372 g/mol. The van der Waals surface area contributed by atoms with Gasteiger partial charge >= 0.3 is 0 Å².